The van der Waals surface area contributed by atoms with E-state index in [0.717, 1.165) is 24.1 Å². The summed E-state index contributed by atoms with van der Waals surface area (Å²) in [4.78, 5) is 12.6. The van der Waals surface area contributed by atoms with E-state index in [-0.39, 0.29) is 5.91 Å². The lowest BCUT2D eigenvalue weighted by Gasteiger charge is -2.13. The van der Waals surface area contributed by atoms with Gasteiger partial charge in [-0.25, -0.2) is 5.43 Å². The molecule has 0 fully saturated rings. The van der Waals surface area contributed by atoms with Gasteiger partial charge >= 0.3 is 0 Å². The van der Waals surface area contributed by atoms with Crippen LogP contribution in [0.3, 0.4) is 0 Å². The zero-order valence-electron chi connectivity index (χ0n) is 15.5. The molecule has 0 saturated carbocycles. The minimum Gasteiger partial charge on any atom is -0.493 e. The van der Waals surface area contributed by atoms with E-state index in [9.17, 15) is 4.79 Å². The summed E-state index contributed by atoms with van der Waals surface area (Å²) in [5.41, 5.74) is 4.80. The van der Waals surface area contributed by atoms with E-state index in [1.54, 1.807) is 12.1 Å². The summed E-state index contributed by atoms with van der Waals surface area (Å²) in [6, 6.07) is 13.0. The van der Waals surface area contributed by atoms with E-state index >= 15 is 0 Å². The molecule has 0 radical (unpaired) electrons. The smallest absolute Gasteiger partial charge is 0.271 e. The molecule has 1 N–H and O–H groups in total. The second kappa shape index (κ2) is 9.46. The van der Waals surface area contributed by atoms with Crippen molar-refractivity contribution in [1.29, 1.82) is 0 Å². The maximum absolute atomic E-state index is 12.6. The molecule has 0 aromatic heterocycles. The summed E-state index contributed by atoms with van der Waals surface area (Å²) in [5, 5.41) is 4.32. The summed E-state index contributed by atoms with van der Waals surface area (Å²) >= 11 is 0. The van der Waals surface area contributed by atoms with Crippen molar-refractivity contribution in [3.8, 4) is 17.2 Å². The molecular formula is C20H24N2O4. The van der Waals surface area contributed by atoms with Crippen LogP contribution in [0.25, 0.3) is 0 Å². The molecule has 0 aliphatic heterocycles. The lowest BCUT2D eigenvalue weighted by Crippen LogP contribution is -2.20. The quantitative estimate of drug-likeness (QED) is 0.579. The van der Waals surface area contributed by atoms with Crippen molar-refractivity contribution >= 4 is 11.6 Å². The first kappa shape index (κ1) is 19.3. The van der Waals surface area contributed by atoms with Crippen LogP contribution in [0, 0.1) is 0 Å². The SMILES string of the molecule is CCC/C(=N/NC(=O)c1cc(OC)c(OC)c(OC)c1)c1ccccc1. The Morgan fingerprint density at radius 1 is 0.962 bits per heavy atom. The Labute approximate surface area is 153 Å². The topological polar surface area (TPSA) is 69.2 Å². The van der Waals surface area contributed by atoms with Gasteiger partial charge in [-0.05, 0) is 24.1 Å². The first-order valence-corrected chi connectivity index (χ1v) is 8.36. The maximum Gasteiger partial charge on any atom is 0.271 e. The van der Waals surface area contributed by atoms with Gasteiger partial charge in [0.1, 0.15) is 0 Å². The molecule has 0 saturated heterocycles. The Morgan fingerprint density at radius 3 is 2.08 bits per heavy atom. The van der Waals surface area contributed by atoms with Crippen LogP contribution in [0.15, 0.2) is 47.6 Å². The lowest BCUT2D eigenvalue weighted by molar-refractivity contribution is 0.0954. The number of carbonyl (C=O) groups is 1. The molecule has 2 aromatic rings. The molecule has 6 nitrogen and oxygen atoms in total. The summed E-state index contributed by atoms with van der Waals surface area (Å²) in [6.07, 6.45) is 1.69. The second-order valence-electron chi connectivity index (χ2n) is 5.53. The van der Waals surface area contributed by atoms with E-state index in [4.69, 9.17) is 14.2 Å². The highest BCUT2D eigenvalue weighted by atomic mass is 16.5. The van der Waals surface area contributed by atoms with Crippen LogP contribution < -0.4 is 19.6 Å². The fraction of sp³-hybridized carbons (Fsp3) is 0.300. The molecule has 138 valence electrons. The first-order valence-electron chi connectivity index (χ1n) is 8.36. The zero-order valence-corrected chi connectivity index (χ0v) is 15.5. The molecule has 2 aromatic carbocycles. The van der Waals surface area contributed by atoms with Gasteiger partial charge in [0, 0.05) is 5.56 Å². The van der Waals surface area contributed by atoms with E-state index in [2.05, 4.69) is 17.5 Å². The monoisotopic (exact) mass is 356 g/mol. The van der Waals surface area contributed by atoms with Crippen molar-refractivity contribution in [3.05, 3.63) is 53.6 Å². The third-order valence-corrected chi connectivity index (χ3v) is 3.81. The number of nitrogens with one attached hydrogen (secondary N) is 1. The van der Waals surface area contributed by atoms with Gasteiger partial charge < -0.3 is 14.2 Å². The summed E-state index contributed by atoms with van der Waals surface area (Å²) in [6.45, 7) is 2.07. The molecular weight excluding hydrogens is 332 g/mol. The Hall–Kier alpha value is -3.02. The average molecular weight is 356 g/mol. The van der Waals surface area contributed by atoms with E-state index < -0.39 is 0 Å². The van der Waals surface area contributed by atoms with Crippen molar-refractivity contribution in [2.45, 2.75) is 19.8 Å². The van der Waals surface area contributed by atoms with Gasteiger partial charge in [-0.15, -0.1) is 0 Å². The molecule has 0 atom stereocenters. The van der Waals surface area contributed by atoms with Gasteiger partial charge in [0.15, 0.2) is 11.5 Å². The highest BCUT2D eigenvalue weighted by molar-refractivity contribution is 6.02. The average Bonchev–Trinajstić information content (AvgIpc) is 2.70. The molecule has 0 spiro atoms. The third-order valence-electron chi connectivity index (χ3n) is 3.81. The van der Waals surface area contributed by atoms with Crippen molar-refractivity contribution in [2.75, 3.05) is 21.3 Å². The highest BCUT2D eigenvalue weighted by Gasteiger charge is 2.17. The summed E-state index contributed by atoms with van der Waals surface area (Å²) in [5.74, 6) is 0.912. The lowest BCUT2D eigenvalue weighted by atomic mass is 10.1. The number of hydrogen-bond acceptors (Lipinski definition) is 5. The van der Waals surface area contributed by atoms with Crippen molar-refractivity contribution in [2.24, 2.45) is 5.10 Å². The van der Waals surface area contributed by atoms with Crippen molar-refractivity contribution in [1.82, 2.24) is 5.43 Å². The Balaban J connectivity index is 2.28. The van der Waals surface area contributed by atoms with Gasteiger partial charge in [-0.3, -0.25) is 4.79 Å². The van der Waals surface area contributed by atoms with Gasteiger partial charge in [0.05, 0.1) is 27.0 Å². The number of nitrogens with zero attached hydrogens (tertiary/aromatic N) is 1. The zero-order chi connectivity index (χ0) is 18.9. The van der Waals surface area contributed by atoms with Crippen LogP contribution in [0.1, 0.15) is 35.7 Å². The summed E-state index contributed by atoms with van der Waals surface area (Å²) < 4.78 is 15.8. The second-order valence-corrected chi connectivity index (χ2v) is 5.53. The Morgan fingerprint density at radius 2 is 1.58 bits per heavy atom. The molecule has 0 aliphatic rings. The molecule has 2 rings (SSSR count). The summed E-state index contributed by atoms with van der Waals surface area (Å²) in [7, 11) is 4.53. The highest BCUT2D eigenvalue weighted by Crippen LogP contribution is 2.38. The normalized spacial score (nSPS) is 11.0. The molecule has 26 heavy (non-hydrogen) atoms. The predicted octanol–water partition coefficient (Wildman–Crippen LogP) is 3.65. The van der Waals surface area contributed by atoms with Gasteiger partial charge in [0.2, 0.25) is 5.75 Å². The van der Waals surface area contributed by atoms with Crippen molar-refractivity contribution in [3.63, 3.8) is 0 Å². The number of hydrogen-bond donors (Lipinski definition) is 1. The fourth-order valence-electron chi connectivity index (χ4n) is 2.53. The molecule has 0 heterocycles. The minimum atomic E-state index is -0.353. The van der Waals surface area contributed by atoms with E-state index in [1.165, 1.54) is 21.3 Å². The fourth-order valence-corrected chi connectivity index (χ4v) is 2.53. The van der Waals surface area contributed by atoms with Crippen molar-refractivity contribution < 1.29 is 19.0 Å². The van der Waals surface area contributed by atoms with Crippen LogP contribution >= 0.6 is 0 Å². The predicted molar refractivity (Wildman–Crippen MR) is 101 cm³/mol. The van der Waals surface area contributed by atoms with Crippen LogP contribution in [0.5, 0.6) is 17.2 Å². The Kier molecular flexibility index (Phi) is 7.02. The number of benzene rings is 2. The van der Waals surface area contributed by atoms with Gasteiger partial charge in [-0.2, -0.15) is 5.10 Å². The first-order chi connectivity index (χ1) is 12.6. The standard InChI is InChI=1S/C20H24N2O4/c1-5-9-16(14-10-7-6-8-11-14)21-22-20(23)15-12-17(24-2)19(26-4)18(13-15)25-3/h6-8,10-13H,5,9H2,1-4H3,(H,22,23)/b21-16-. The molecule has 6 heteroatoms. The number of hydrazone groups is 1. The maximum atomic E-state index is 12.6. The largest absolute Gasteiger partial charge is 0.493 e. The van der Waals surface area contributed by atoms with Gasteiger partial charge in [0.25, 0.3) is 5.91 Å². The third kappa shape index (κ3) is 4.53. The van der Waals surface area contributed by atoms with Crippen LogP contribution in [0.4, 0.5) is 0 Å². The molecule has 0 unspecified atom stereocenters. The van der Waals surface area contributed by atoms with E-state index in [1.807, 2.05) is 30.3 Å². The molecule has 1 amide bonds. The van der Waals surface area contributed by atoms with Crippen LogP contribution in [-0.4, -0.2) is 32.9 Å². The number of rotatable bonds is 8. The molecule has 0 aliphatic carbocycles. The van der Waals surface area contributed by atoms with E-state index in [0.29, 0.717) is 22.8 Å². The van der Waals surface area contributed by atoms with Gasteiger partial charge in [-0.1, -0.05) is 43.7 Å². The number of amides is 1. The van der Waals surface area contributed by atoms with Crippen LogP contribution in [-0.2, 0) is 0 Å². The Bertz CT molecular complexity index is 748. The number of ether oxygens (including phenoxy) is 3. The number of carbonyl (C=O) groups excluding carboxylic acids is 1. The molecule has 0 bridgehead atoms. The van der Waals surface area contributed by atoms with Crippen LogP contribution in [0.2, 0.25) is 0 Å². The minimum absolute atomic E-state index is 0.353. The number of methoxy groups -OCH3 is 3.